The first-order valence-corrected chi connectivity index (χ1v) is 10.6. The Morgan fingerprint density at radius 2 is 1.83 bits per heavy atom. The zero-order chi connectivity index (χ0) is 21.1. The van der Waals surface area contributed by atoms with Gasteiger partial charge < -0.3 is 15.7 Å². The van der Waals surface area contributed by atoms with Gasteiger partial charge in [0.15, 0.2) is 0 Å². The molecule has 0 aliphatic carbocycles. The minimum atomic E-state index is -1.01. The fraction of sp³-hybridized carbons (Fsp3) is 0.333. The number of carboxylic acids is 1. The molecule has 1 saturated heterocycles. The molecule has 6 heteroatoms. The van der Waals surface area contributed by atoms with Crippen LogP contribution >= 0.6 is 0 Å². The molecule has 4 rings (SSSR count). The van der Waals surface area contributed by atoms with Gasteiger partial charge in [-0.3, -0.25) is 9.69 Å². The standard InChI is InChI=1S/C24H27N3O3/c1-2-20(22-19-14-17(24(29)30)8-11-21(19)26-23(22)28)25-18-9-6-16(7-10-18)15-27-12-4-3-5-13-27/h6-11,14,25H,2-5,12-13,15H2,1H3,(H,26,28)(H,29,30). The summed E-state index contributed by atoms with van der Waals surface area (Å²) in [6.07, 6.45) is 4.51. The van der Waals surface area contributed by atoms with E-state index in [1.54, 1.807) is 12.1 Å². The molecule has 2 aromatic rings. The molecule has 1 amide bonds. The van der Waals surface area contributed by atoms with Gasteiger partial charge in [-0.15, -0.1) is 0 Å². The highest BCUT2D eigenvalue weighted by atomic mass is 16.4. The highest BCUT2D eigenvalue weighted by molar-refractivity contribution is 6.32. The second-order valence-corrected chi connectivity index (χ2v) is 7.89. The van der Waals surface area contributed by atoms with Crippen molar-refractivity contribution in [2.75, 3.05) is 23.7 Å². The van der Waals surface area contributed by atoms with Crippen LogP contribution in [0.1, 0.15) is 54.1 Å². The van der Waals surface area contributed by atoms with Crippen molar-refractivity contribution in [3.05, 3.63) is 64.9 Å². The largest absolute Gasteiger partial charge is 0.478 e. The SMILES string of the molecule is CCC(Nc1ccc(CN2CCCCC2)cc1)=C1C(=O)Nc2ccc(C(=O)O)cc21. The molecule has 0 radical (unpaired) electrons. The fourth-order valence-corrected chi connectivity index (χ4v) is 4.17. The van der Waals surface area contributed by atoms with Gasteiger partial charge in [0.2, 0.25) is 0 Å². The Kier molecular flexibility index (Phi) is 5.86. The maximum atomic E-state index is 12.6. The highest BCUT2D eigenvalue weighted by Gasteiger charge is 2.28. The molecule has 2 aliphatic heterocycles. The molecule has 0 saturated carbocycles. The van der Waals surface area contributed by atoms with Crippen molar-refractivity contribution < 1.29 is 14.7 Å². The first-order chi connectivity index (χ1) is 14.5. The molecular weight excluding hydrogens is 378 g/mol. The molecule has 0 bridgehead atoms. The third kappa shape index (κ3) is 4.24. The summed E-state index contributed by atoms with van der Waals surface area (Å²) in [6, 6.07) is 13.0. The summed E-state index contributed by atoms with van der Waals surface area (Å²) in [4.78, 5) is 26.5. The lowest BCUT2D eigenvalue weighted by Crippen LogP contribution is -2.29. The average Bonchev–Trinajstić information content (AvgIpc) is 3.09. The number of rotatable bonds is 6. The number of carboxylic acid groups (broad SMARTS) is 1. The summed E-state index contributed by atoms with van der Waals surface area (Å²) < 4.78 is 0. The lowest BCUT2D eigenvalue weighted by Gasteiger charge is -2.26. The number of anilines is 2. The molecule has 0 unspecified atom stereocenters. The third-order valence-corrected chi connectivity index (χ3v) is 5.77. The van der Waals surface area contributed by atoms with E-state index in [0.29, 0.717) is 23.2 Å². The molecule has 2 aromatic carbocycles. The van der Waals surface area contributed by atoms with Crippen molar-refractivity contribution in [3.8, 4) is 0 Å². The topological polar surface area (TPSA) is 81.7 Å². The van der Waals surface area contributed by atoms with Crippen LogP contribution < -0.4 is 10.6 Å². The Morgan fingerprint density at radius 1 is 1.10 bits per heavy atom. The number of amides is 1. The molecule has 0 atom stereocenters. The number of nitrogens with zero attached hydrogens (tertiary/aromatic N) is 1. The van der Waals surface area contributed by atoms with E-state index in [2.05, 4.69) is 27.7 Å². The summed E-state index contributed by atoms with van der Waals surface area (Å²) in [6.45, 7) is 5.28. The summed E-state index contributed by atoms with van der Waals surface area (Å²) in [5.41, 5.74) is 4.92. The van der Waals surface area contributed by atoms with Gasteiger partial charge in [0, 0.05) is 29.2 Å². The minimum Gasteiger partial charge on any atom is -0.478 e. The van der Waals surface area contributed by atoms with E-state index in [9.17, 15) is 14.7 Å². The van der Waals surface area contributed by atoms with Crippen molar-refractivity contribution in [2.24, 2.45) is 0 Å². The van der Waals surface area contributed by atoms with Gasteiger partial charge in [-0.2, -0.15) is 0 Å². The molecule has 1 fully saturated rings. The number of allylic oxidation sites excluding steroid dienone is 1. The maximum Gasteiger partial charge on any atom is 0.335 e. The van der Waals surface area contributed by atoms with Crippen LogP contribution in [0.15, 0.2) is 48.2 Å². The number of nitrogens with one attached hydrogen (secondary N) is 2. The van der Waals surface area contributed by atoms with Gasteiger partial charge in [-0.25, -0.2) is 4.79 Å². The molecule has 0 spiro atoms. The van der Waals surface area contributed by atoms with E-state index < -0.39 is 5.97 Å². The van der Waals surface area contributed by atoms with Gasteiger partial charge >= 0.3 is 5.97 Å². The van der Waals surface area contributed by atoms with Crippen molar-refractivity contribution >= 4 is 28.8 Å². The number of likely N-dealkylation sites (tertiary alicyclic amines) is 1. The van der Waals surface area contributed by atoms with Crippen molar-refractivity contribution in [1.29, 1.82) is 0 Å². The number of piperidine rings is 1. The normalized spacial score (nSPS) is 18.0. The lowest BCUT2D eigenvalue weighted by molar-refractivity contribution is -0.110. The first kappa shape index (κ1) is 20.2. The fourth-order valence-electron chi connectivity index (χ4n) is 4.17. The van der Waals surface area contributed by atoms with E-state index in [1.807, 2.05) is 19.1 Å². The molecular formula is C24H27N3O3. The Bertz CT molecular complexity index is 989. The predicted molar refractivity (Wildman–Crippen MR) is 118 cm³/mol. The molecule has 3 N–H and O–H groups in total. The maximum absolute atomic E-state index is 12.6. The lowest BCUT2D eigenvalue weighted by atomic mass is 10.0. The van der Waals surface area contributed by atoms with Crippen LogP contribution in [0.25, 0.3) is 5.57 Å². The van der Waals surface area contributed by atoms with Crippen molar-refractivity contribution in [3.63, 3.8) is 0 Å². The molecule has 156 valence electrons. The molecule has 2 aliphatic rings. The summed E-state index contributed by atoms with van der Waals surface area (Å²) in [5, 5.41) is 15.5. The quantitative estimate of drug-likeness (QED) is 0.614. The molecule has 2 heterocycles. The van der Waals surface area contributed by atoms with Crippen LogP contribution in [0, 0.1) is 0 Å². The van der Waals surface area contributed by atoms with Crippen LogP contribution in [0.2, 0.25) is 0 Å². The number of hydrogen-bond donors (Lipinski definition) is 3. The van der Waals surface area contributed by atoms with E-state index in [1.165, 1.54) is 44.0 Å². The van der Waals surface area contributed by atoms with Gasteiger partial charge in [0.05, 0.1) is 11.1 Å². The van der Waals surface area contributed by atoms with Gasteiger partial charge in [0.25, 0.3) is 5.91 Å². The highest BCUT2D eigenvalue weighted by Crippen LogP contribution is 2.35. The Hall–Kier alpha value is -3.12. The zero-order valence-corrected chi connectivity index (χ0v) is 17.2. The average molecular weight is 405 g/mol. The van der Waals surface area contributed by atoms with Crippen molar-refractivity contribution in [1.82, 2.24) is 4.90 Å². The van der Waals surface area contributed by atoms with Crippen LogP contribution in [0.5, 0.6) is 0 Å². The van der Waals surface area contributed by atoms with E-state index >= 15 is 0 Å². The number of aromatic carboxylic acids is 1. The van der Waals surface area contributed by atoms with Gasteiger partial charge in [0.1, 0.15) is 0 Å². The molecule has 6 nitrogen and oxygen atoms in total. The summed E-state index contributed by atoms with van der Waals surface area (Å²) in [7, 11) is 0. The van der Waals surface area contributed by atoms with Gasteiger partial charge in [-0.05, 0) is 68.2 Å². The third-order valence-electron chi connectivity index (χ3n) is 5.77. The second-order valence-electron chi connectivity index (χ2n) is 7.89. The monoisotopic (exact) mass is 405 g/mol. The van der Waals surface area contributed by atoms with Crippen molar-refractivity contribution in [2.45, 2.75) is 39.2 Å². The van der Waals surface area contributed by atoms with Gasteiger partial charge in [-0.1, -0.05) is 25.5 Å². The van der Waals surface area contributed by atoms with E-state index in [4.69, 9.17) is 0 Å². The zero-order valence-electron chi connectivity index (χ0n) is 17.2. The van der Waals surface area contributed by atoms with E-state index in [-0.39, 0.29) is 11.5 Å². The van der Waals surface area contributed by atoms with E-state index in [0.717, 1.165) is 17.9 Å². The van der Waals surface area contributed by atoms with Crippen LogP contribution in [-0.4, -0.2) is 35.0 Å². The van der Waals surface area contributed by atoms with Crippen LogP contribution in [0.3, 0.4) is 0 Å². The van der Waals surface area contributed by atoms with Crippen LogP contribution in [0.4, 0.5) is 11.4 Å². The Balaban J connectivity index is 1.56. The second kappa shape index (κ2) is 8.71. The first-order valence-electron chi connectivity index (χ1n) is 10.6. The summed E-state index contributed by atoms with van der Waals surface area (Å²) >= 11 is 0. The Labute approximate surface area is 176 Å². The number of carbonyl (C=O) groups excluding carboxylic acids is 1. The molecule has 30 heavy (non-hydrogen) atoms. The number of benzene rings is 2. The summed E-state index contributed by atoms with van der Waals surface area (Å²) in [5.74, 6) is -1.22. The minimum absolute atomic E-state index is 0.167. The van der Waals surface area contributed by atoms with Crippen LogP contribution in [-0.2, 0) is 11.3 Å². The number of fused-ring (bicyclic) bond motifs is 1. The number of hydrogen-bond acceptors (Lipinski definition) is 4. The molecule has 0 aromatic heterocycles. The number of carbonyl (C=O) groups is 2. The smallest absolute Gasteiger partial charge is 0.335 e. The predicted octanol–water partition coefficient (Wildman–Crippen LogP) is 4.56. The Morgan fingerprint density at radius 3 is 2.50 bits per heavy atom.